The second-order valence-corrected chi connectivity index (χ2v) is 5.33. The number of hydrogen-bond acceptors (Lipinski definition) is 2. The van der Waals surface area contributed by atoms with Crippen LogP contribution in [0.3, 0.4) is 0 Å². The van der Waals surface area contributed by atoms with Gasteiger partial charge in [0.15, 0.2) is 0 Å². The fourth-order valence-corrected chi connectivity index (χ4v) is 2.20. The molecule has 0 heterocycles. The Hall–Kier alpha value is -1.86. The average molecular weight is 275 g/mol. The highest BCUT2D eigenvalue weighted by Gasteiger charge is 2.33. The van der Waals surface area contributed by atoms with Crippen LogP contribution in [-0.4, -0.2) is 23.2 Å². The minimum atomic E-state index is -0.457. The lowest BCUT2D eigenvalue weighted by atomic mass is 9.78. The van der Waals surface area contributed by atoms with E-state index in [0.29, 0.717) is 12.0 Å². The number of amides is 1. The molecule has 0 unspecified atom stereocenters. The molecule has 0 radical (unpaired) electrons. The smallest absolute Gasteiger partial charge is 0.253 e. The van der Waals surface area contributed by atoms with Gasteiger partial charge < -0.3 is 10.4 Å². The van der Waals surface area contributed by atoms with E-state index in [1.54, 1.807) is 0 Å². The Bertz CT molecular complexity index is 568. The highest BCUT2D eigenvalue weighted by molar-refractivity contribution is 5.97. The number of aliphatic hydroxyl groups is 1. The van der Waals surface area contributed by atoms with Crippen LogP contribution in [0.25, 0.3) is 0 Å². The predicted octanol–water partition coefficient (Wildman–Crippen LogP) is 2.23. The first-order valence-electron chi connectivity index (χ1n) is 6.76. The Labute approximate surface area is 118 Å². The molecule has 2 rings (SSSR count). The Morgan fingerprint density at radius 3 is 2.85 bits per heavy atom. The van der Waals surface area contributed by atoms with Gasteiger partial charge in [-0.15, -0.1) is 0 Å². The number of halogens is 1. The largest absolute Gasteiger partial charge is 0.395 e. The van der Waals surface area contributed by atoms with Gasteiger partial charge in [-0.25, -0.2) is 4.39 Å². The molecule has 0 bridgehead atoms. The van der Waals surface area contributed by atoms with Crippen LogP contribution in [0.4, 0.5) is 4.39 Å². The molecule has 0 aliphatic heterocycles. The van der Waals surface area contributed by atoms with Crippen LogP contribution >= 0.6 is 0 Å². The van der Waals surface area contributed by atoms with Crippen molar-refractivity contribution in [1.82, 2.24) is 5.32 Å². The Morgan fingerprint density at radius 2 is 2.25 bits per heavy atom. The van der Waals surface area contributed by atoms with Gasteiger partial charge >= 0.3 is 0 Å². The second kappa shape index (κ2) is 6.06. The highest BCUT2D eigenvalue weighted by Crippen LogP contribution is 2.31. The Morgan fingerprint density at radius 1 is 1.50 bits per heavy atom. The number of carbonyl (C=O) groups excluding carboxylic acids is 1. The zero-order valence-electron chi connectivity index (χ0n) is 11.5. The van der Waals surface area contributed by atoms with Gasteiger partial charge in [-0.3, -0.25) is 4.79 Å². The average Bonchev–Trinajstić information content (AvgIpc) is 2.38. The number of nitrogens with one attached hydrogen (secondary N) is 1. The van der Waals surface area contributed by atoms with E-state index in [-0.39, 0.29) is 23.6 Å². The van der Waals surface area contributed by atoms with Crippen molar-refractivity contribution in [3.05, 3.63) is 35.1 Å². The topological polar surface area (TPSA) is 49.3 Å². The van der Waals surface area contributed by atoms with Crippen LogP contribution in [0.15, 0.2) is 18.2 Å². The Balaban J connectivity index is 2.22. The fourth-order valence-electron chi connectivity index (χ4n) is 2.20. The van der Waals surface area contributed by atoms with Crippen LogP contribution in [0.2, 0.25) is 0 Å². The lowest BCUT2D eigenvalue weighted by molar-refractivity contribution is 0.0849. The van der Waals surface area contributed by atoms with Crippen molar-refractivity contribution in [2.75, 3.05) is 6.61 Å². The van der Waals surface area contributed by atoms with Crippen molar-refractivity contribution in [2.45, 2.75) is 38.1 Å². The predicted molar refractivity (Wildman–Crippen MR) is 74.7 cm³/mol. The molecule has 1 fully saturated rings. The number of carbonyl (C=O) groups is 1. The van der Waals surface area contributed by atoms with Gasteiger partial charge in [0.1, 0.15) is 5.82 Å². The second-order valence-electron chi connectivity index (χ2n) is 5.33. The molecule has 1 amide bonds. The summed E-state index contributed by atoms with van der Waals surface area (Å²) in [4.78, 5) is 12.3. The maximum Gasteiger partial charge on any atom is 0.253 e. The molecule has 1 aromatic carbocycles. The van der Waals surface area contributed by atoms with Crippen molar-refractivity contribution in [3.63, 3.8) is 0 Å². The van der Waals surface area contributed by atoms with E-state index in [4.69, 9.17) is 5.11 Å². The van der Waals surface area contributed by atoms with E-state index < -0.39 is 5.82 Å². The number of aliphatic hydroxyl groups excluding tert-OH is 1. The molecule has 0 aromatic heterocycles. The van der Waals surface area contributed by atoms with E-state index in [2.05, 4.69) is 17.2 Å². The molecule has 1 aliphatic rings. The summed E-state index contributed by atoms with van der Waals surface area (Å²) in [5.41, 5.74) is 0.558. The summed E-state index contributed by atoms with van der Waals surface area (Å²) < 4.78 is 13.4. The van der Waals surface area contributed by atoms with E-state index in [1.165, 1.54) is 18.2 Å². The summed E-state index contributed by atoms with van der Waals surface area (Å²) in [5.74, 6) is 4.81. The molecular formula is C16H18FNO2. The van der Waals surface area contributed by atoms with Gasteiger partial charge in [-0.1, -0.05) is 11.8 Å². The molecule has 106 valence electrons. The van der Waals surface area contributed by atoms with Crippen LogP contribution < -0.4 is 5.32 Å². The minimum absolute atomic E-state index is 0.0339. The molecule has 4 heteroatoms. The van der Waals surface area contributed by atoms with Crippen LogP contribution in [0, 0.1) is 17.7 Å². The molecule has 1 saturated carbocycles. The zero-order chi connectivity index (χ0) is 14.6. The van der Waals surface area contributed by atoms with Crippen LogP contribution in [-0.2, 0) is 0 Å². The molecule has 1 aliphatic carbocycles. The fraction of sp³-hybridized carbons (Fsp3) is 0.438. The lowest BCUT2D eigenvalue weighted by Crippen LogP contribution is -2.51. The third-order valence-electron chi connectivity index (χ3n) is 3.56. The number of rotatable bonds is 3. The first-order valence-corrected chi connectivity index (χ1v) is 6.76. The minimum Gasteiger partial charge on any atom is -0.395 e. The van der Waals surface area contributed by atoms with Crippen molar-refractivity contribution in [2.24, 2.45) is 0 Å². The molecule has 3 nitrogen and oxygen atoms in total. The van der Waals surface area contributed by atoms with Crippen LogP contribution in [0.5, 0.6) is 0 Å². The zero-order valence-corrected chi connectivity index (χ0v) is 11.5. The SMILES string of the molecule is CC1(NC(=O)c2cc(F)ccc2C#CCCO)CCC1. The third kappa shape index (κ3) is 3.37. The Kier molecular flexibility index (Phi) is 4.41. The van der Waals surface area contributed by atoms with Crippen molar-refractivity contribution in [1.29, 1.82) is 0 Å². The maximum absolute atomic E-state index is 13.4. The maximum atomic E-state index is 13.4. The normalized spacial score (nSPS) is 15.8. The summed E-state index contributed by atoms with van der Waals surface area (Å²) in [6.45, 7) is 1.96. The van der Waals surface area contributed by atoms with Gasteiger partial charge in [0.05, 0.1) is 12.2 Å². The first-order chi connectivity index (χ1) is 9.54. The summed E-state index contributed by atoms with van der Waals surface area (Å²) in [6, 6.07) is 3.99. The standard InChI is InChI=1S/C16H18FNO2/c1-16(8-4-9-16)18-15(20)14-11-13(17)7-6-12(14)5-2-3-10-19/h6-7,11,19H,3-4,8-10H2,1H3,(H,18,20). The summed E-state index contributed by atoms with van der Waals surface area (Å²) in [5, 5.41) is 11.7. The van der Waals surface area contributed by atoms with Gasteiger partial charge in [0.25, 0.3) is 5.91 Å². The summed E-state index contributed by atoms with van der Waals surface area (Å²) >= 11 is 0. The first kappa shape index (κ1) is 14.5. The van der Waals surface area contributed by atoms with Crippen molar-refractivity contribution >= 4 is 5.91 Å². The van der Waals surface area contributed by atoms with Crippen molar-refractivity contribution < 1.29 is 14.3 Å². The van der Waals surface area contributed by atoms with Gasteiger partial charge in [-0.2, -0.15) is 0 Å². The van der Waals surface area contributed by atoms with E-state index in [0.717, 1.165) is 19.3 Å². The van der Waals surface area contributed by atoms with E-state index >= 15 is 0 Å². The van der Waals surface area contributed by atoms with Gasteiger partial charge in [-0.05, 0) is 44.4 Å². The molecule has 0 spiro atoms. The molecule has 20 heavy (non-hydrogen) atoms. The van der Waals surface area contributed by atoms with Crippen LogP contribution in [0.1, 0.15) is 48.5 Å². The molecule has 0 atom stereocenters. The molecule has 0 saturated heterocycles. The summed E-state index contributed by atoms with van der Waals surface area (Å²) in [6.07, 6.45) is 3.32. The molecular weight excluding hydrogens is 257 g/mol. The lowest BCUT2D eigenvalue weighted by Gasteiger charge is -2.39. The molecule has 1 aromatic rings. The van der Waals surface area contributed by atoms with Gasteiger partial charge in [0, 0.05) is 17.5 Å². The highest BCUT2D eigenvalue weighted by atomic mass is 19.1. The summed E-state index contributed by atoms with van der Waals surface area (Å²) in [7, 11) is 0. The van der Waals surface area contributed by atoms with Gasteiger partial charge in [0.2, 0.25) is 0 Å². The number of hydrogen-bond donors (Lipinski definition) is 2. The van der Waals surface area contributed by atoms with Crippen molar-refractivity contribution in [3.8, 4) is 11.8 Å². The monoisotopic (exact) mass is 275 g/mol. The quantitative estimate of drug-likeness (QED) is 0.831. The van der Waals surface area contributed by atoms with E-state index in [1.807, 2.05) is 6.92 Å². The third-order valence-corrected chi connectivity index (χ3v) is 3.56. The molecule has 2 N–H and O–H groups in total. The van der Waals surface area contributed by atoms with E-state index in [9.17, 15) is 9.18 Å². The number of benzene rings is 1.